The Kier molecular flexibility index (Phi) is 7.63. The molecule has 0 unspecified atom stereocenters. The zero-order valence-corrected chi connectivity index (χ0v) is 18.7. The maximum Gasteiger partial charge on any atom is 0.266 e. The van der Waals surface area contributed by atoms with Crippen LogP contribution in [0.25, 0.3) is 6.08 Å². The van der Waals surface area contributed by atoms with Crippen LogP contribution >= 0.6 is 22.6 Å². The number of carbonyl (C=O) groups is 1. The minimum atomic E-state index is -0.450. The van der Waals surface area contributed by atoms with Gasteiger partial charge in [-0.05, 0) is 76.5 Å². The fourth-order valence-electron chi connectivity index (χ4n) is 2.80. The zero-order chi connectivity index (χ0) is 21.3. The summed E-state index contributed by atoms with van der Waals surface area (Å²) in [4.78, 5) is 12.6. The van der Waals surface area contributed by atoms with Crippen molar-refractivity contribution in [3.63, 3.8) is 0 Å². The Morgan fingerprint density at radius 3 is 2.37 bits per heavy atom. The third-order valence-corrected chi connectivity index (χ3v) is 5.23. The molecule has 0 aliphatic carbocycles. The third-order valence-electron chi connectivity index (χ3n) is 4.51. The number of anilines is 1. The van der Waals surface area contributed by atoms with Crippen molar-refractivity contribution >= 4 is 40.3 Å². The Labute approximate surface area is 190 Å². The monoisotopic (exact) mass is 508 g/mol. The van der Waals surface area contributed by atoms with Crippen LogP contribution in [0.3, 0.4) is 0 Å². The van der Waals surface area contributed by atoms with Gasteiger partial charge in [-0.1, -0.05) is 49.4 Å². The first kappa shape index (κ1) is 21.6. The van der Waals surface area contributed by atoms with Crippen LogP contribution in [0, 0.1) is 14.9 Å². The van der Waals surface area contributed by atoms with Gasteiger partial charge in [-0.15, -0.1) is 0 Å². The highest BCUT2D eigenvalue weighted by atomic mass is 127. The number of nitrogens with zero attached hydrogens (tertiary/aromatic N) is 1. The van der Waals surface area contributed by atoms with Gasteiger partial charge in [0.15, 0.2) is 0 Å². The molecule has 3 rings (SSSR count). The van der Waals surface area contributed by atoms with Crippen molar-refractivity contribution < 1.29 is 9.53 Å². The lowest BCUT2D eigenvalue weighted by atomic mass is 10.1. The van der Waals surface area contributed by atoms with Gasteiger partial charge in [-0.3, -0.25) is 4.79 Å². The number of halogens is 1. The SMILES string of the molecule is CCc1ccc(NC(=O)/C(C#N)=C/c2ccccc2OCc2ccc(I)cc2)cc1. The second-order valence-electron chi connectivity index (χ2n) is 6.63. The summed E-state index contributed by atoms with van der Waals surface area (Å²) in [5.74, 6) is 0.165. The van der Waals surface area contributed by atoms with Crippen molar-refractivity contribution in [2.24, 2.45) is 0 Å². The quantitative estimate of drug-likeness (QED) is 0.243. The lowest BCUT2D eigenvalue weighted by Gasteiger charge is -2.10. The largest absolute Gasteiger partial charge is 0.488 e. The highest BCUT2D eigenvalue weighted by Gasteiger charge is 2.11. The van der Waals surface area contributed by atoms with Crippen LogP contribution in [0.2, 0.25) is 0 Å². The second-order valence-corrected chi connectivity index (χ2v) is 7.87. The topological polar surface area (TPSA) is 62.1 Å². The fraction of sp³-hybridized carbons (Fsp3) is 0.120. The Morgan fingerprint density at radius 1 is 1.03 bits per heavy atom. The summed E-state index contributed by atoms with van der Waals surface area (Å²) < 4.78 is 7.10. The van der Waals surface area contributed by atoms with Gasteiger partial charge < -0.3 is 10.1 Å². The highest BCUT2D eigenvalue weighted by molar-refractivity contribution is 14.1. The van der Waals surface area contributed by atoms with Gasteiger partial charge in [0, 0.05) is 14.8 Å². The van der Waals surface area contributed by atoms with E-state index < -0.39 is 5.91 Å². The summed E-state index contributed by atoms with van der Waals surface area (Å²) in [6, 6.07) is 25.0. The molecule has 0 fully saturated rings. The summed E-state index contributed by atoms with van der Waals surface area (Å²) in [5.41, 5.74) is 3.57. The first-order valence-electron chi connectivity index (χ1n) is 9.57. The van der Waals surface area contributed by atoms with Crippen molar-refractivity contribution in [3.05, 3.63) is 98.6 Å². The van der Waals surface area contributed by atoms with Gasteiger partial charge in [0.1, 0.15) is 24.0 Å². The van der Waals surface area contributed by atoms with Crippen molar-refractivity contribution in [2.75, 3.05) is 5.32 Å². The molecule has 0 heterocycles. The van der Waals surface area contributed by atoms with Crippen molar-refractivity contribution in [1.82, 2.24) is 0 Å². The lowest BCUT2D eigenvalue weighted by Crippen LogP contribution is -2.13. The summed E-state index contributed by atoms with van der Waals surface area (Å²) in [5, 5.41) is 12.3. The zero-order valence-electron chi connectivity index (χ0n) is 16.6. The van der Waals surface area contributed by atoms with E-state index >= 15 is 0 Å². The van der Waals surface area contributed by atoms with Crippen LogP contribution in [0.4, 0.5) is 5.69 Å². The first-order valence-corrected chi connectivity index (χ1v) is 10.6. The molecule has 3 aromatic carbocycles. The Hall–Kier alpha value is -3.11. The number of ether oxygens (including phenoxy) is 1. The molecule has 0 saturated carbocycles. The summed E-state index contributed by atoms with van der Waals surface area (Å²) in [6.07, 6.45) is 2.48. The number of nitriles is 1. The first-order chi connectivity index (χ1) is 14.6. The van der Waals surface area contributed by atoms with Crippen LogP contribution in [0.5, 0.6) is 5.75 Å². The predicted molar refractivity (Wildman–Crippen MR) is 128 cm³/mol. The molecule has 30 heavy (non-hydrogen) atoms. The molecule has 1 N–H and O–H groups in total. The number of amides is 1. The minimum Gasteiger partial charge on any atom is -0.488 e. The number of rotatable bonds is 7. The molecule has 0 spiro atoms. The number of hydrogen-bond acceptors (Lipinski definition) is 3. The van der Waals surface area contributed by atoms with Crippen molar-refractivity contribution in [3.8, 4) is 11.8 Å². The van der Waals surface area contributed by atoms with Crippen LogP contribution in [-0.2, 0) is 17.8 Å². The summed E-state index contributed by atoms with van der Waals surface area (Å²) in [7, 11) is 0. The van der Waals surface area contributed by atoms with E-state index in [1.807, 2.05) is 78.9 Å². The maximum atomic E-state index is 12.6. The molecule has 4 nitrogen and oxygen atoms in total. The predicted octanol–water partition coefficient (Wildman–Crippen LogP) is 5.98. The van der Waals surface area contributed by atoms with Crippen LogP contribution in [-0.4, -0.2) is 5.91 Å². The van der Waals surface area contributed by atoms with Gasteiger partial charge in [-0.2, -0.15) is 5.26 Å². The Balaban J connectivity index is 1.75. The van der Waals surface area contributed by atoms with E-state index in [9.17, 15) is 10.1 Å². The van der Waals surface area contributed by atoms with E-state index in [2.05, 4.69) is 34.8 Å². The highest BCUT2D eigenvalue weighted by Crippen LogP contribution is 2.23. The normalized spacial score (nSPS) is 10.9. The molecule has 0 aromatic heterocycles. The van der Waals surface area contributed by atoms with E-state index in [1.54, 1.807) is 6.08 Å². The second kappa shape index (κ2) is 10.6. The fourth-order valence-corrected chi connectivity index (χ4v) is 3.16. The molecule has 0 aliphatic rings. The Bertz CT molecular complexity index is 1080. The van der Waals surface area contributed by atoms with Gasteiger partial charge in [0.05, 0.1) is 0 Å². The number of hydrogen-bond donors (Lipinski definition) is 1. The summed E-state index contributed by atoms with van der Waals surface area (Å²) >= 11 is 2.26. The lowest BCUT2D eigenvalue weighted by molar-refractivity contribution is -0.112. The third kappa shape index (κ3) is 5.94. The molecule has 0 radical (unpaired) electrons. The van der Waals surface area contributed by atoms with Crippen LogP contribution in [0.1, 0.15) is 23.6 Å². The number of aryl methyl sites for hydroxylation is 1. The Morgan fingerprint density at radius 2 is 1.70 bits per heavy atom. The number of benzene rings is 3. The molecule has 0 saturated heterocycles. The van der Waals surface area contributed by atoms with E-state index in [4.69, 9.17) is 4.74 Å². The van der Waals surface area contributed by atoms with Crippen molar-refractivity contribution in [2.45, 2.75) is 20.0 Å². The number of nitrogens with one attached hydrogen (secondary N) is 1. The van der Waals surface area contributed by atoms with Crippen LogP contribution < -0.4 is 10.1 Å². The van der Waals surface area contributed by atoms with Gasteiger partial charge in [0.2, 0.25) is 0 Å². The van der Waals surface area contributed by atoms with Gasteiger partial charge in [-0.25, -0.2) is 0 Å². The number of carbonyl (C=O) groups excluding carboxylic acids is 1. The molecule has 0 aliphatic heterocycles. The van der Waals surface area contributed by atoms with E-state index in [0.29, 0.717) is 23.6 Å². The summed E-state index contributed by atoms with van der Waals surface area (Å²) in [6.45, 7) is 2.47. The average molecular weight is 508 g/mol. The van der Waals surface area contributed by atoms with E-state index in [1.165, 1.54) is 5.56 Å². The number of para-hydroxylation sites is 1. The molecular weight excluding hydrogens is 487 g/mol. The molecule has 0 atom stereocenters. The molecule has 0 bridgehead atoms. The molecule has 1 amide bonds. The molecule has 150 valence electrons. The van der Waals surface area contributed by atoms with E-state index in [-0.39, 0.29) is 5.57 Å². The van der Waals surface area contributed by atoms with Gasteiger partial charge in [0.25, 0.3) is 5.91 Å². The smallest absolute Gasteiger partial charge is 0.266 e. The van der Waals surface area contributed by atoms with E-state index in [0.717, 1.165) is 15.6 Å². The molecule has 5 heteroatoms. The standard InChI is InChI=1S/C25H21IN2O2/c1-2-18-9-13-23(14-10-18)28-25(29)21(16-27)15-20-5-3-4-6-24(20)30-17-19-7-11-22(26)12-8-19/h3-15H,2,17H2,1H3,(H,28,29)/b21-15+. The molecule has 3 aromatic rings. The van der Waals surface area contributed by atoms with Gasteiger partial charge >= 0.3 is 0 Å². The maximum absolute atomic E-state index is 12.6. The van der Waals surface area contributed by atoms with Crippen LogP contribution in [0.15, 0.2) is 78.4 Å². The molecular formula is C25H21IN2O2. The average Bonchev–Trinajstić information content (AvgIpc) is 2.78. The van der Waals surface area contributed by atoms with Crippen molar-refractivity contribution in [1.29, 1.82) is 5.26 Å². The minimum absolute atomic E-state index is 0.0138.